The van der Waals surface area contributed by atoms with E-state index < -0.39 is 0 Å². The number of nitrogens with one attached hydrogen (secondary N) is 1. The second kappa shape index (κ2) is 6.36. The van der Waals surface area contributed by atoms with Crippen LogP contribution in [0.2, 0.25) is 0 Å². The van der Waals surface area contributed by atoms with Gasteiger partial charge in [0.25, 0.3) is 0 Å². The first-order chi connectivity index (χ1) is 7.49. The highest BCUT2D eigenvalue weighted by Crippen LogP contribution is 2.20. The van der Waals surface area contributed by atoms with Gasteiger partial charge in [-0.15, -0.1) is 0 Å². The van der Waals surface area contributed by atoms with E-state index in [1.54, 1.807) is 12.1 Å². The lowest BCUT2D eigenvalue weighted by molar-refractivity contribution is 0.474. The molecule has 0 fully saturated rings. The SMILES string of the molecule is CC(CNC(C)C)Cc1cc(F)ccc1Br. The smallest absolute Gasteiger partial charge is 0.123 e. The van der Waals surface area contributed by atoms with Crippen molar-refractivity contribution in [2.24, 2.45) is 5.92 Å². The van der Waals surface area contributed by atoms with Gasteiger partial charge in [0.1, 0.15) is 5.82 Å². The molecule has 1 atom stereocenters. The summed E-state index contributed by atoms with van der Waals surface area (Å²) in [4.78, 5) is 0. The van der Waals surface area contributed by atoms with Crippen molar-refractivity contribution in [3.8, 4) is 0 Å². The molecule has 0 amide bonds. The van der Waals surface area contributed by atoms with E-state index in [0.717, 1.165) is 23.0 Å². The molecular weight excluding hydrogens is 269 g/mol. The predicted molar refractivity (Wildman–Crippen MR) is 70.1 cm³/mol. The number of halogens is 2. The van der Waals surface area contributed by atoms with E-state index in [9.17, 15) is 4.39 Å². The number of rotatable bonds is 5. The first-order valence-electron chi connectivity index (χ1n) is 5.66. The normalized spacial score (nSPS) is 13.1. The van der Waals surface area contributed by atoms with Gasteiger partial charge >= 0.3 is 0 Å². The Hall–Kier alpha value is -0.410. The molecule has 3 heteroatoms. The maximum absolute atomic E-state index is 13.1. The zero-order valence-electron chi connectivity index (χ0n) is 10.1. The number of hydrogen-bond acceptors (Lipinski definition) is 1. The molecule has 0 aliphatic rings. The minimum atomic E-state index is -0.165. The molecule has 0 saturated heterocycles. The second-order valence-corrected chi connectivity index (χ2v) is 5.46. The van der Waals surface area contributed by atoms with Gasteiger partial charge in [0.15, 0.2) is 0 Å². The third-order valence-electron chi connectivity index (χ3n) is 2.45. The van der Waals surface area contributed by atoms with Gasteiger partial charge in [0.2, 0.25) is 0 Å². The summed E-state index contributed by atoms with van der Waals surface area (Å²) >= 11 is 3.45. The number of hydrogen-bond donors (Lipinski definition) is 1. The van der Waals surface area contributed by atoms with E-state index in [2.05, 4.69) is 42.0 Å². The summed E-state index contributed by atoms with van der Waals surface area (Å²) in [6.45, 7) is 7.39. The Labute approximate surface area is 106 Å². The first kappa shape index (κ1) is 13.7. The molecule has 0 saturated carbocycles. The fourth-order valence-electron chi connectivity index (χ4n) is 1.58. The molecule has 0 spiro atoms. The van der Waals surface area contributed by atoms with Crippen LogP contribution in [0.4, 0.5) is 4.39 Å². The lowest BCUT2D eigenvalue weighted by atomic mass is 10.0. The third kappa shape index (κ3) is 4.62. The van der Waals surface area contributed by atoms with E-state index in [1.165, 1.54) is 6.07 Å². The summed E-state index contributed by atoms with van der Waals surface area (Å²) in [7, 11) is 0. The Morgan fingerprint density at radius 3 is 2.62 bits per heavy atom. The summed E-state index contributed by atoms with van der Waals surface area (Å²) in [5, 5.41) is 3.39. The molecule has 16 heavy (non-hydrogen) atoms. The monoisotopic (exact) mass is 287 g/mol. The van der Waals surface area contributed by atoms with Crippen LogP contribution in [0.3, 0.4) is 0 Å². The fourth-order valence-corrected chi connectivity index (χ4v) is 1.99. The summed E-state index contributed by atoms with van der Waals surface area (Å²) in [5.74, 6) is 0.336. The summed E-state index contributed by atoms with van der Waals surface area (Å²) in [5.41, 5.74) is 1.04. The van der Waals surface area contributed by atoms with Crippen molar-refractivity contribution in [3.63, 3.8) is 0 Å². The fraction of sp³-hybridized carbons (Fsp3) is 0.538. The van der Waals surface area contributed by atoms with Crippen molar-refractivity contribution >= 4 is 15.9 Å². The molecule has 0 bridgehead atoms. The van der Waals surface area contributed by atoms with Crippen molar-refractivity contribution in [3.05, 3.63) is 34.1 Å². The molecule has 1 nitrogen and oxygen atoms in total. The molecule has 1 unspecified atom stereocenters. The topological polar surface area (TPSA) is 12.0 Å². The lowest BCUT2D eigenvalue weighted by Gasteiger charge is -2.15. The Bertz CT molecular complexity index is 339. The predicted octanol–water partition coefficient (Wildman–Crippen LogP) is 3.76. The zero-order chi connectivity index (χ0) is 12.1. The highest BCUT2D eigenvalue weighted by Gasteiger charge is 2.08. The zero-order valence-corrected chi connectivity index (χ0v) is 11.6. The summed E-state index contributed by atoms with van der Waals surface area (Å²) in [6, 6.07) is 5.35. The molecule has 1 aromatic carbocycles. The van der Waals surface area contributed by atoms with Crippen LogP contribution >= 0.6 is 15.9 Å². The van der Waals surface area contributed by atoms with E-state index in [1.807, 2.05) is 0 Å². The van der Waals surface area contributed by atoms with Crippen LogP contribution in [0.5, 0.6) is 0 Å². The van der Waals surface area contributed by atoms with Gasteiger partial charge in [0.05, 0.1) is 0 Å². The van der Waals surface area contributed by atoms with Crippen molar-refractivity contribution in [2.75, 3.05) is 6.54 Å². The standard InChI is InChI=1S/C13H19BrFN/c1-9(2)16-8-10(3)6-11-7-12(15)4-5-13(11)14/h4-5,7,9-10,16H,6,8H2,1-3H3. The highest BCUT2D eigenvalue weighted by molar-refractivity contribution is 9.10. The molecular formula is C13H19BrFN. The molecule has 90 valence electrons. The quantitative estimate of drug-likeness (QED) is 0.869. The van der Waals surface area contributed by atoms with Gasteiger partial charge in [-0.3, -0.25) is 0 Å². The minimum absolute atomic E-state index is 0.165. The van der Waals surface area contributed by atoms with Crippen LogP contribution < -0.4 is 5.32 Å². The van der Waals surface area contributed by atoms with E-state index in [-0.39, 0.29) is 5.82 Å². The molecule has 0 aromatic heterocycles. The van der Waals surface area contributed by atoms with Gasteiger partial charge in [-0.25, -0.2) is 4.39 Å². The van der Waals surface area contributed by atoms with Gasteiger partial charge < -0.3 is 5.32 Å². The van der Waals surface area contributed by atoms with Crippen molar-refractivity contribution < 1.29 is 4.39 Å². The maximum atomic E-state index is 13.1. The van der Waals surface area contributed by atoms with Crippen LogP contribution in [0.25, 0.3) is 0 Å². The highest BCUT2D eigenvalue weighted by atomic mass is 79.9. The lowest BCUT2D eigenvalue weighted by Crippen LogP contribution is -2.28. The van der Waals surface area contributed by atoms with Crippen LogP contribution in [0.15, 0.2) is 22.7 Å². The minimum Gasteiger partial charge on any atom is -0.314 e. The molecule has 0 aliphatic heterocycles. The average Bonchev–Trinajstić information content (AvgIpc) is 2.20. The van der Waals surface area contributed by atoms with Crippen molar-refractivity contribution in [1.82, 2.24) is 5.32 Å². The van der Waals surface area contributed by atoms with E-state index in [0.29, 0.717) is 12.0 Å². The molecule has 0 aliphatic carbocycles. The summed E-state index contributed by atoms with van der Waals surface area (Å²) in [6.07, 6.45) is 0.887. The van der Waals surface area contributed by atoms with Crippen molar-refractivity contribution in [2.45, 2.75) is 33.2 Å². The first-order valence-corrected chi connectivity index (χ1v) is 6.45. The van der Waals surface area contributed by atoms with Crippen LogP contribution in [0.1, 0.15) is 26.3 Å². The van der Waals surface area contributed by atoms with Gasteiger partial charge in [0, 0.05) is 10.5 Å². The van der Waals surface area contributed by atoms with Crippen LogP contribution in [-0.4, -0.2) is 12.6 Å². The maximum Gasteiger partial charge on any atom is 0.123 e. The van der Waals surface area contributed by atoms with E-state index in [4.69, 9.17) is 0 Å². The number of benzene rings is 1. The largest absolute Gasteiger partial charge is 0.314 e. The Morgan fingerprint density at radius 1 is 1.31 bits per heavy atom. The third-order valence-corrected chi connectivity index (χ3v) is 3.22. The Kier molecular flexibility index (Phi) is 5.42. The average molecular weight is 288 g/mol. The van der Waals surface area contributed by atoms with Gasteiger partial charge in [-0.2, -0.15) is 0 Å². The van der Waals surface area contributed by atoms with Crippen molar-refractivity contribution in [1.29, 1.82) is 0 Å². The Morgan fingerprint density at radius 2 is 2.00 bits per heavy atom. The molecule has 1 N–H and O–H groups in total. The molecule has 0 radical (unpaired) electrons. The molecule has 0 heterocycles. The molecule has 1 aromatic rings. The van der Waals surface area contributed by atoms with Crippen LogP contribution in [-0.2, 0) is 6.42 Å². The second-order valence-electron chi connectivity index (χ2n) is 4.61. The van der Waals surface area contributed by atoms with E-state index >= 15 is 0 Å². The van der Waals surface area contributed by atoms with Crippen LogP contribution in [0, 0.1) is 11.7 Å². The Balaban J connectivity index is 2.55. The van der Waals surface area contributed by atoms with Gasteiger partial charge in [-0.05, 0) is 42.6 Å². The van der Waals surface area contributed by atoms with Gasteiger partial charge in [-0.1, -0.05) is 36.7 Å². The summed E-state index contributed by atoms with van der Waals surface area (Å²) < 4.78 is 14.1. The molecule has 1 rings (SSSR count).